The number of benzene rings is 1. The second kappa shape index (κ2) is 4.03. The Morgan fingerprint density at radius 1 is 1.29 bits per heavy atom. The topological polar surface area (TPSA) is 69.9 Å². The van der Waals surface area contributed by atoms with Gasteiger partial charge in [0.05, 0.1) is 0 Å². The number of imidazole rings is 1. The fourth-order valence-electron chi connectivity index (χ4n) is 1.79. The third-order valence-electron chi connectivity index (χ3n) is 2.57. The van der Waals surface area contributed by atoms with Crippen LogP contribution in [0.3, 0.4) is 0 Å². The smallest absolute Gasteiger partial charge is 0.308 e. The highest BCUT2D eigenvalue weighted by Gasteiger charge is 2.10. The third kappa shape index (κ3) is 1.70. The van der Waals surface area contributed by atoms with Gasteiger partial charge in [0.15, 0.2) is 5.58 Å². The average molecular weight is 228 g/mol. The van der Waals surface area contributed by atoms with Crippen molar-refractivity contribution in [3.8, 4) is 6.01 Å². The lowest BCUT2D eigenvalue weighted by Crippen LogP contribution is -2.08. The molecule has 5 heteroatoms. The van der Waals surface area contributed by atoms with Gasteiger partial charge in [-0.25, -0.2) is 4.98 Å². The zero-order chi connectivity index (χ0) is 11.7. The summed E-state index contributed by atoms with van der Waals surface area (Å²) in [5.41, 5.74) is 7.15. The standard InChI is InChI=1S/C12H12N4O/c13-6-5-11-14-7-8-16(11)12-15-9-3-1-2-4-10(9)17-12/h1-4,7-8H,5-6,13H2. The van der Waals surface area contributed by atoms with E-state index in [0.717, 1.165) is 16.9 Å². The zero-order valence-corrected chi connectivity index (χ0v) is 9.21. The minimum atomic E-state index is 0.534. The van der Waals surface area contributed by atoms with Crippen LogP contribution in [0.1, 0.15) is 5.82 Å². The quantitative estimate of drug-likeness (QED) is 0.737. The van der Waals surface area contributed by atoms with E-state index < -0.39 is 0 Å². The number of aromatic nitrogens is 3. The minimum Gasteiger partial charge on any atom is -0.423 e. The van der Waals surface area contributed by atoms with E-state index in [0.29, 0.717) is 19.0 Å². The van der Waals surface area contributed by atoms with Gasteiger partial charge in [-0.3, -0.25) is 4.57 Å². The monoisotopic (exact) mass is 228 g/mol. The van der Waals surface area contributed by atoms with E-state index in [4.69, 9.17) is 10.2 Å². The van der Waals surface area contributed by atoms with Gasteiger partial charge in [-0.2, -0.15) is 4.98 Å². The molecule has 0 atom stereocenters. The van der Waals surface area contributed by atoms with Crippen LogP contribution in [-0.4, -0.2) is 21.1 Å². The maximum Gasteiger partial charge on any atom is 0.308 e. The van der Waals surface area contributed by atoms with Gasteiger partial charge < -0.3 is 10.2 Å². The second-order valence-corrected chi connectivity index (χ2v) is 3.72. The van der Waals surface area contributed by atoms with Crippen molar-refractivity contribution >= 4 is 11.1 Å². The Balaban J connectivity index is 2.10. The lowest BCUT2D eigenvalue weighted by molar-refractivity contribution is 0.555. The molecular formula is C12H12N4O. The summed E-state index contributed by atoms with van der Waals surface area (Å²) in [6.07, 6.45) is 4.25. The van der Waals surface area contributed by atoms with Gasteiger partial charge in [0.25, 0.3) is 0 Å². The molecule has 0 spiro atoms. The summed E-state index contributed by atoms with van der Waals surface area (Å²) in [5.74, 6) is 0.860. The van der Waals surface area contributed by atoms with Gasteiger partial charge in [-0.15, -0.1) is 0 Å². The molecule has 2 aromatic heterocycles. The molecule has 0 aliphatic heterocycles. The van der Waals surface area contributed by atoms with Crippen LogP contribution >= 0.6 is 0 Å². The SMILES string of the molecule is NCCc1nccn1-c1nc2ccccc2o1. The van der Waals surface area contributed by atoms with Crippen molar-refractivity contribution in [3.05, 3.63) is 42.5 Å². The molecule has 86 valence electrons. The summed E-state index contributed by atoms with van der Waals surface area (Å²) in [5, 5.41) is 0. The van der Waals surface area contributed by atoms with E-state index in [-0.39, 0.29) is 0 Å². The molecule has 0 fully saturated rings. The molecule has 0 bridgehead atoms. The highest BCUT2D eigenvalue weighted by Crippen LogP contribution is 2.18. The molecule has 0 amide bonds. The van der Waals surface area contributed by atoms with Crippen molar-refractivity contribution in [2.24, 2.45) is 5.73 Å². The van der Waals surface area contributed by atoms with Gasteiger partial charge in [-0.05, 0) is 18.7 Å². The first-order chi connectivity index (χ1) is 8.38. The van der Waals surface area contributed by atoms with Crippen molar-refractivity contribution in [1.82, 2.24) is 14.5 Å². The first-order valence-electron chi connectivity index (χ1n) is 5.47. The molecule has 0 radical (unpaired) electrons. The number of hydrogen-bond donors (Lipinski definition) is 1. The summed E-state index contributed by atoms with van der Waals surface area (Å²) in [7, 11) is 0. The van der Waals surface area contributed by atoms with Crippen molar-refractivity contribution < 1.29 is 4.42 Å². The highest BCUT2D eigenvalue weighted by molar-refractivity contribution is 5.73. The fourth-order valence-corrected chi connectivity index (χ4v) is 1.79. The Hall–Kier alpha value is -2.14. The number of rotatable bonds is 3. The molecule has 0 unspecified atom stereocenters. The van der Waals surface area contributed by atoms with E-state index in [9.17, 15) is 0 Å². The molecule has 3 aromatic rings. The van der Waals surface area contributed by atoms with Crippen molar-refractivity contribution in [1.29, 1.82) is 0 Å². The molecule has 3 rings (SSSR count). The van der Waals surface area contributed by atoms with Crippen LogP contribution in [-0.2, 0) is 6.42 Å². The third-order valence-corrected chi connectivity index (χ3v) is 2.57. The van der Waals surface area contributed by atoms with E-state index in [1.54, 1.807) is 6.20 Å². The zero-order valence-electron chi connectivity index (χ0n) is 9.21. The van der Waals surface area contributed by atoms with Crippen molar-refractivity contribution in [2.75, 3.05) is 6.54 Å². The summed E-state index contributed by atoms with van der Waals surface area (Å²) in [6, 6.07) is 8.20. The van der Waals surface area contributed by atoms with Crippen LogP contribution in [0, 0.1) is 0 Å². The molecule has 17 heavy (non-hydrogen) atoms. The summed E-state index contributed by atoms with van der Waals surface area (Å²) in [4.78, 5) is 8.65. The Morgan fingerprint density at radius 2 is 2.18 bits per heavy atom. The van der Waals surface area contributed by atoms with E-state index in [1.165, 1.54) is 0 Å². The number of oxazole rings is 1. The largest absolute Gasteiger partial charge is 0.423 e. The molecule has 1 aromatic carbocycles. The maximum atomic E-state index is 5.67. The maximum absolute atomic E-state index is 5.67. The number of fused-ring (bicyclic) bond motifs is 1. The second-order valence-electron chi connectivity index (χ2n) is 3.72. The average Bonchev–Trinajstić information content (AvgIpc) is 2.94. The van der Waals surface area contributed by atoms with Crippen LogP contribution < -0.4 is 5.73 Å². The van der Waals surface area contributed by atoms with Crippen LogP contribution in [0.2, 0.25) is 0 Å². The lowest BCUT2D eigenvalue weighted by atomic mass is 10.3. The Kier molecular flexibility index (Phi) is 2.38. The Labute approximate surface area is 97.9 Å². The minimum absolute atomic E-state index is 0.534. The van der Waals surface area contributed by atoms with Gasteiger partial charge in [-0.1, -0.05) is 12.1 Å². The lowest BCUT2D eigenvalue weighted by Gasteiger charge is -2.00. The Morgan fingerprint density at radius 3 is 3.00 bits per heavy atom. The molecule has 0 aliphatic carbocycles. The normalized spacial score (nSPS) is 11.1. The number of nitrogens with zero attached hydrogens (tertiary/aromatic N) is 3. The number of nitrogens with two attached hydrogens (primary N) is 1. The molecule has 2 N–H and O–H groups in total. The highest BCUT2D eigenvalue weighted by atomic mass is 16.4. The van der Waals surface area contributed by atoms with Gasteiger partial charge >= 0.3 is 6.01 Å². The Bertz CT molecular complexity index is 608. The number of hydrogen-bond acceptors (Lipinski definition) is 4. The first kappa shape index (κ1) is 10.0. The molecule has 0 saturated carbocycles. The predicted octanol–water partition coefficient (Wildman–Crippen LogP) is 1.51. The predicted molar refractivity (Wildman–Crippen MR) is 63.9 cm³/mol. The molecule has 0 aliphatic rings. The van der Waals surface area contributed by atoms with Gasteiger partial charge in [0.1, 0.15) is 11.3 Å². The van der Waals surface area contributed by atoms with E-state index in [1.807, 2.05) is 35.0 Å². The number of para-hydroxylation sites is 2. The summed E-state index contributed by atoms with van der Waals surface area (Å²) < 4.78 is 7.50. The molecular weight excluding hydrogens is 216 g/mol. The summed E-state index contributed by atoms with van der Waals surface area (Å²) >= 11 is 0. The fraction of sp³-hybridized carbons (Fsp3) is 0.167. The first-order valence-corrected chi connectivity index (χ1v) is 5.47. The van der Waals surface area contributed by atoms with Crippen molar-refractivity contribution in [3.63, 3.8) is 0 Å². The van der Waals surface area contributed by atoms with Crippen LogP contribution in [0.15, 0.2) is 41.1 Å². The van der Waals surface area contributed by atoms with E-state index >= 15 is 0 Å². The van der Waals surface area contributed by atoms with Gasteiger partial charge in [0.2, 0.25) is 0 Å². The molecule has 5 nitrogen and oxygen atoms in total. The van der Waals surface area contributed by atoms with Crippen LogP contribution in [0.4, 0.5) is 0 Å². The van der Waals surface area contributed by atoms with Crippen LogP contribution in [0.25, 0.3) is 17.1 Å². The van der Waals surface area contributed by atoms with E-state index in [2.05, 4.69) is 9.97 Å². The van der Waals surface area contributed by atoms with Crippen LogP contribution in [0.5, 0.6) is 0 Å². The summed E-state index contributed by atoms with van der Waals surface area (Å²) in [6.45, 7) is 0.553. The van der Waals surface area contributed by atoms with Crippen molar-refractivity contribution in [2.45, 2.75) is 6.42 Å². The molecule has 2 heterocycles. The molecule has 0 saturated heterocycles. The van der Waals surface area contributed by atoms with Gasteiger partial charge in [0, 0.05) is 18.8 Å².